The summed E-state index contributed by atoms with van der Waals surface area (Å²) < 4.78 is 17.2. The quantitative estimate of drug-likeness (QED) is 0.0264. The first-order valence-corrected chi connectivity index (χ1v) is 22.7. The van der Waals surface area contributed by atoms with Crippen LogP contribution >= 0.6 is 0 Å². The van der Waals surface area contributed by atoms with E-state index in [1.165, 1.54) is 128 Å². The molecule has 8 heteroatoms. The van der Waals surface area contributed by atoms with Crippen LogP contribution in [0.2, 0.25) is 0 Å². The lowest BCUT2D eigenvalue weighted by Gasteiger charge is -2.34. The van der Waals surface area contributed by atoms with E-state index in [-0.39, 0.29) is 42.7 Å². The van der Waals surface area contributed by atoms with Crippen molar-refractivity contribution < 1.29 is 38.2 Å². The number of allylic oxidation sites excluding steroid dienone is 2. The Morgan fingerprint density at radius 1 is 0.537 bits per heavy atom. The standard InChI is InChI=1S/C46H87NO7/c1-6-8-10-12-14-16-18-20-21-22-23-24-25-27-29-31-33-35-37-45(49)54-42(40-52-39-38-43(46(50)51)47(3,4)5)41-53-44(48)36-34-32-30-28-26-19-17-15-13-11-9-7-2/h23-24,42-43H,6-22,25-41H2,1-5H3/b24-23+. The second kappa shape index (κ2) is 38.0. The summed E-state index contributed by atoms with van der Waals surface area (Å²) in [5, 5.41) is 11.6. The van der Waals surface area contributed by atoms with E-state index < -0.39 is 18.1 Å². The van der Waals surface area contributed by atoms with E-state index in [2.05, 4.69) is 26.0 Å². The fraction of sp³-hybridized carbons (Fsp3) is 0.891. The summed E-state index contributed by atoms with van der Waals surface area (Å²) in [6.45, 7) is 4.67. The van der Waals surface area contributed by atoms with Crippen LogP contribution in [-0.4, -0.2) is 75.5 Å². The highest BCUT2D eigenvalue weighted by Crippen LogP contribution is 2.15. The second-order valence-corrected chi connectivity index (χ2v) is 16.6. The molecule has 0 bridgehead atoms. The van der Waals surface area contributed by atoms with Gasteiger partial charge in [-0.05, 0) is 38.5 Å². The largest absolute Gasteiger partial charge is 0.544 e. The van der Waals surface area contributed by atoms with Gasteiger partial charge < -0.3 is 28.6 Å². The molecule has 2 atom stereocenters. The highest BCUT2D eigenvalue weighted by molar-refractivity contribution is 5.70. The van der Waals surface area contributed by atoms with Gasteiger partial charge in [0, 0.05) is 19.3 Å². The van der Waals surface area contributed by atoms with Crippen LogP contribution in [0.5, 0.6) is 0 Å². The van der Waals surface area contributed by atoms with Crippen LogP contribution in [0.25, 0.3) is 0 Å². The van der Waals surface area contributed by atoms with Crippen LogP contribution in [0.3, 0.4) is 0 Å². The van der Waals surface area contributed by atoms with E-state index in [0.717, 1.165) is 51.4 Å². The number of unbranched alkanes of at least 4 members (excludes halogenated alkanes) is 25. The minimum Gasteiger partial charge on any atom is -0.544 e. The lowest BCUT2D eigenvalue weighted by atomic mass is 10.0. The molecule has 0 radical (unpaired) electrons. The number of carbonyl (C=O) groups excluding carboxylic acids is 3. The Labute approximate surface area is 333 Å². The first-order chi connectivity index (χ1) is 26.1. The van der Waals surface area contributed by atoms with E-state index >= 15 is 0 Å². The molecule has 0 aromatic rings. The van der Waals surface area contributed by atoms with E-state index in [1.54, 1.807) is 21.1 Å². The second-order valence-electron chi connectivity index (χ2n) is 16.6. The van der Waals surface area contributed by atoms with E-state index in [4.69, 9.17) is 14.2 Å². The van der Waals surface area contributed by atoms with Crippen molar-refractivity contribution in [1.29, 1.82) is 0 Å². The van der Waals surface area contributed by atoms with Crippen molar-refractivity contribution in [1.82, 2.24) is 0 Å². The fourth-order valence-electron chi connectivity index (χ4n) is 6.83. The number of hydrogen-bond donors (Lipinski definition) is 0. The molecule has 54 heavy (non-hydrogen) atoms. The van der Waals surface area contributed by atoms with Crippen LogP contribution in [0.15, 0.2) is 12.2 Å². The third-order valence-electron chi connectivity index (χ3n) is 10.4. The van der Waals surface area contributed by atoms with Gasteiger partial charge in [-0.1, -0.05) is 167 Å². The third-order valence-corrected chi connectivity index (χ3v) is 10.4. The van der Waals surface area contributed by atoms with Gasteiger partial charge in [0.15, 0.2) is 6.10 Å². The molecule has 0 amide bonds. The summed E-state index contributed by atoms with van der Waals surface area (Å²) in [6.07, 6.45) is 39.4. The van der Waals surface area contributed by atoms with Crippen molar-refractivity contribution in [2.24, 2.45) is 0 Å². The first kappa shape index (κ1) is 52.1. The molecule has 0 aromatic heterocycles. The average Bonchev–Trinajstić information content (AvgIpc) is 3.12. The molecule has 0 aromatic carbocycles. The molecule has 0 rings (SSSR count). The van der Waals surface area contributed by atoms with Crippen molar-refractivity contribution in [3.63, 3.8) is 0 Å². The van der Waals surface area contributed by atoms with Crippen LogP contribution in [0.1, 0.15) is 213 Å². The average molecular weight is 766 g/mol. The number of esters is 2. The predicted octanol–water partition coefficient (Wildman–Crippen LogP) is 11.0. The number of hydrogen-bond acceptors (Lipinski definition) is 7. The zero-order valence-corrected chi connectivity index (χ0v) is 36.2. The molecule has 0 aliphatic carbocycles. The van der Waals surface area contributed by atoms with Gasteiger partial charge in [0.25, 0.3) is 0 Å². The van der Waals surface area contributed by atoms with Crippen LogP contribution in [0, 0.1) is 0 Å². The summed E-state index contributed by atoms with van der Waals surface area (Å²) in [6, 6.07) is -0.722. The zero-order chi connectivity index (χ0) is 40.0. The summed E-state index contributed by atoms with van der Waals surface area (Å²) in [5.74, 6) is -1.73. The lowest BCUT2D eigenvalue weighted by Crippen LogP contribution is -2.55. The van der Waals surface area contributed by atoms with Crippen LogP contribution in [0.4, 0.5) is 0 Å². The molecule has 0 N–H and O–H groups in total. The zero-order valence-electron chi connectivity index (χ0n) is 36.2. The summed E-state index contributed by atoms with van der Waals surface area (Å²) in [4.78, 5) is 36.8. The van der Waals surface area contributed by atoms with Gasteiger partial charge in [0.05, 0.1) is 40.3 Å². The number of likely N-dealkylation sites (N-methyl/N-ethyl adjacent to an activating group) is 1. The summed E-state index contributed by atoms with van der Waals surface area (Å²) >= 11 is 0. The summed E-state index contributed by atoms with van der Waals surface area (Å²) in [7, 11) is 5.41. The summed E-state index contributed by atoms with van der Waals surface area (Å²) in [5.41, 5.74) is 0. The first-order valence-electron chi connectivity index (χ1n) is 22.7. The number of quaternary nitrogens is 1. The molecular formula is C46H87NO7. The van der Waals surface area contributed by atoms with E-state index in [1.807, 2.05) is 0 Å². The maximum absolute atomic E-state index is 12.7. The predicted molar refractivity (Wildman–Crippen MR) is 222 cm³/mol. The number of aliphatic carboxylic acids is 1. The maximum atomic E-state index is 12.7. The van der Waals surface area contributed by atoms with Crippen molar-refractivity contribution in [3.05, 3.63) is 12.2 Å². The Morgan fingerprint density at radius 3 is 1.33 bits per heavy atom. The van der Waals surface area contributed by atoms with Gasteiger partial charge in [-0.15, -0.1) is 0 Å². The van der Waals surface area contributed by atoms with Crippen molar-refractivity contribution >= 4 is 17.9 Å². The van der Waals surface area contributed by atoms with Crippen molar-refractivity contribution in [2.45, 2.75) is 225 Å². The molecule has 318 valence electrons. The molecule has 0 aliphatic rings. The Kier molecular flexibility index (Phi) is 36.6. The molecule has 0 fully saturated rings. The topological polar surface area (TPSA) is 102 Å². The molecule has 0 saturated carbocycles. The number of carboxylic acid groups (broad SMARTS) is 1. The SMILES string of the molecule is CCCCCCCCCCC/C=C/CCCCCCCC(=O)OC(COCCC(C(=O)[O-])[N+](C)(C)C)COC(=O)CCCCCCCCCCCCCC. The highest BCUT2D eigenvalue weighted by atomic mass is 16.6. The fourth-order valence-corrected chi connectivity index (χ4v) is 6.83. The molecular weight excluding hydrogens is 679 g/mol. The third kappa shape index (κ3) is 35.8. The van der Waals surface area contributed by atoms with Gasteiger partial charge >= 0.3 is 11.9 Å². The van der Waals surface area contributed by atoms with Gasteiger partial charge in [0.1, 0.15) is 12.6 Å². The van der Waals surface area contributed by atoms with Crippen molar-refractivity contribution in [2.75, 3.05) is 41.0 Å². The van der Waals surface area contributed by atoms with Crippen LogP contribution in [-0.2, 0) is 28.6 Å². The Balaban J connectivity index is 4.30. The van der Waals surface area contributed by atoms with Gasteiger partial charge in [-0.3, -0.25) is 9.59 Å². The Bertz CT molecular complexity index is 900. The normalized spacial score (nSPS) is 13.0. The number of carbonyl (C=O) groups is 3. The number of rotatable bonds is 41. The Morgan fingerprint density at radius 2 is 0.926 bits per heavy atom. The van der Waals surface area contributed by atoms with Gasteiger partial charge in [-0.2, -0.15) is 0 Å². The minimum atomic E-state index is -1.12. The number of ether oxygens (including phenoxy) is 3. The van der Waals surface area contributed by atoms with Crippen molar-refractivity contribution in [3.8, 4) is 0 Å². The minimum absolute atomic E-state index is 0.0428. The van der Waals surface area contributed by atoms with E-state index in [9.17, 15) is 19.5 Å². The van der Waals surface area contributed by atoms with E-state index in [0.29, 0.717) is 12.8 Å². The lowest BCUT2D eigenvalue weighted by molar-refractivity contribution is -0.889. The highest BCUT2D eigenvalue weighted by Gasteiger charge is 2.25. The molecule has 0 aliphatic heterocycles. The molecule has 0 heterocycles. The Hall–Kier alpha value is -1.93. The van der Waals surface area contributed by atoms with Gasteiger partial charge in [0.2, 0.25) is 0 Å². The smallest absolute Gasteiger partial charge is 0.306 e. The monoisotopic (exact) mass is 766 g/mol. The maximum Gasteiger partial charge on any atom is 0.306 e. The van der Waals surface area contributed by atoms with Gasteiger partial charge in [-0.25, -0.2) is 0 Å². The number of carboxylic acids is 1. The molecule has 2 unspecified atom stereocenters. The molecule has 0 spiro atoms. The number of nitrogens with zero attached hydrogens (tertiary/aromatic N) is 1. The molecule has 8 nitrogen and oxygen atoms in total. The molecule has 0 saturated heterocycles. The van der Waals surface area contributed by atoms with Crippen LogP contribution < -0.4 is 5.11 Å².